The summed E-state index contributed by atoms with van der Waals surface area (Å²) in [6.07, 6.45) is -0.385. The van der Waals surface area contributed by atoms with Gasteiger partial charge in [-0.1, -0.05) is 11.6 Å². The number of nitrogens with two attached hydrogens (primary N) is 1. The Kier molecular flexibility index (Phi) is 5.74. The predicted molar refractivity (Wildman–Crippen MR) is 106 cm³/mol. The molecule has 0 aliphatic carbocycles. The van der Waals surface area contributed by atoms with Crippen molar-refractivity contribution in [2.24, 2.45) is 5.73 Å². The molecule has 0 unspecified atom stereocenters. The first kappa shape index (κ1) is 21.0. The normalized spacial score (nSPS) is 19.8. The second kappa shape index (κ2) is 7.94. The van der Waals surface area contributed by atoms with Crippen LogP contribution in [0.15, 0.2) is 12.4 Å². The molecule has 1 saturated heterocycles. The van der Waals surface area contributed by atoms with E-state index < -0.39 is 29.8 Å². The minimum Gasteiger partial charge on any atom is -0.444 e. The van der Waals surface area contributed by atoms with Crippen LogP contribution < -0.4 is 11.1 Å². The Morgan fingerprint density at radius 3 is 2.72 bits per heavy atom. The van der Waals surface area contributed by atoms with Crippen molar-refractivity contribution in [3.8, 4) is 0 Å². The molecule has 0 aromatic carbocycles. The lowest BCUT2D eigenvalue weighted by Crippen LogP contribution is -2.52. The van der Waals surface area contributed by atoms with Crippen LogP contribution >= 0.6 is 11.6 Å². The highest BCUT2D eigenvalue weighted by atomic mass is 35.5. The number of hydrogen-bond donors (Lipinski definition) is 2. The number of aromatic nitrogens is 3. The zero-order chi connectivity index (χ0) is 21.3. The number of nitrogens with one attached hydrogen (secondary N) is 1. The molecule has 3 rings (SSSR count). The van der Waals surface area contributed by atoms with Crippen molar-refractivity contribution in [2.75, 3.05) is 18.4 Å². The van der Waals surface area contributed by atoms with Crippen molar-refractivity contribution in [3.05, 3.63) is 23.1 Å². The molecule has 0 radical (unpaired) electrons. The molecule has 2 aromatic rings. The molecular formula is C18H22ClFN6O3. The SMILES string of the molecule is CC(C)(C)OC(=O)N1CC[C@@H](F)[C@H](Nc2ncnc3c(C(N)=O)cc(Cl)nc23)C1. The van der Waals surface area contributed by atoms with Crippen LogP contribution in [0.5, 0.6) is 0 Å². The maximum absolute atomic E-state index is 14.6. The predicted octanol–water partition coefficient (Wildman–Crippen LogP) is 2.54. The molecule has 2 atom stereocenters. The fourth-order valence-electron chi connectivity index (χ4n) is 3.03. The first-order chi connectivity index (χ1) is 13.5. The number of fused-ring (bicyclic) bond motifs is 1. The highest BCUT2D eigenvalue weighted by molar-refractivity contribution is 6.30. The first-order valence-electron chi connectivity index (χ1n) is 9.05. The minimum atomic E-state index is -1.23. The van der Waals surface area contributed by atoms with E-state index in [1.807, 2.05) is 0 Å². The maximum Gasteiger partial charge on any atom is 0.410 e. The molecule has 156 valence electrons. The van der Waals surface area contributed by atoms with E-state index in [9.17, 15) is 14.0 Å². The molecule has 29 heavy (non-hydrogen) atoms. The number of carbonyl (C=O) groups excluding carboxylic acids is 2. The third-order valence-corrected chi connectivity index (χ3v) is 4.52. The number of carbonyl (C=O) groups is 2. The summed E-state index contributed by atoms with van der Waals surface area (Å²) in [4.78, 5) is 37.8. The molecule has 1 aliphatic heterocycles. The molecule has 0 bridgehead atoms. The Labute approximate surface area is 171 Å². The summed E-state index contributed by atoms with van der Waals surface area (Å²) in [7, 11) is 0. The molecule has 1 fully saturated rings. The number of primary amides is 1. The highest BCUT2D eigenvalue weighted by Gasteiger charge is 2.34. The molecule has 2 amide bonds. The molecule has 11 heteroatoms. The number of pyridine rings is 1. The number of likely N-dealkylation sites (tertiary alicyclic amines) is 1. The van der Waals surface area contributed by atoms with Gasteiger partial charge in [-0.3, -0.25) is 4.79 Å². The van der Waals surface area contributed by atoms with Crippen LogP contribution in [0.4, 0.5) is 15.0 Å². The lowest BCUT2D eigenvalue weighted by Gasteiger charge is -2.36. The van der Waals surface area contributed by atoms with Crippen molar-refractivity contribution in [1.82, 2.24) is 19.9 Å². The Morgan fingerprint density at radius 2 is 2.07 bits per heavy atom. The van der Waals surface area contributed by atoms with E-state index in [0.717, 1.165) is 0 Å². The summed E-state index contributed by atoms with van der Waals surface area (Å²) in [5.74, 6) is -0.528. The smallest absolute Gasteiger partial charge is 0.410 e. The van der Waals surface area contributed by atoms with Crippen molar-refractivity contribution >= 4 is 40.5 Å². The number of halogens is 2. The average molecular weight is 425 g/mol. The number of amides is 2. The molecular weight excluding hydrogens is 403 g/mol. The number of alkyl halides is 1. The highest BCUT2D eigenvalue weighted by Crippen LogP contribution is 2.26. The molecule has 3 heterocycles. The number of nitrogens with zero attached hydrogens (tertiary/aromatic N) is 4. The number of ether oxygens (including phenoxy) is 1. The summed E-state index contributed by atoms with van der Waals surface area (Å²) >= 11 is 5.99. The van der Waals surface area contributed by atoms with Gasteiger partial charge in [0.05, 0.1) is 11.6 Å². The number of anilines is 1. The Hall–Kier alpha value is -2.75. The van der Waals surface area contributed by atoms with E-state index in [4.69, 9.17) is 22.1 Å². The Balaban J connectivity index is 1.87. The van der Waals surface area contributed by atoms with E-state index in [2.05, 4.69) is 20.3 Å². The van der Waals surface area contributed by atoms with Crippen LogP contribution in [0.2, 0.25) is 5.15 Å². The van der Waals surface area contributed by atoms with Crippen molar-refractivity contribution < 1.29 is 18.7 Å². The maximum atomic E-state index is 14.6. The first-order valence-corrected chi connectivity index (χ1v) is 9.42. The summed E-state index contributed by atoms with van der Waals surface area (Å²) in [5, 5.41) is 2.99. The third-order valence-electron chi connectivity index (χ3n) is 4.33. The second-order valence-corrected chi connectivity index (χ2v) is 8.15. The fraction of sp³-hybridized carbons (Fsp3) is 0.500. The molecule has 9 nitrogen and oxygen atoms in total. The lowest BCUT2D eigenvalue weighted by molar-refractivity contribution is 0.0150. The van der Waals surface area contributed by atoms with Gasteiger partial charge in [-0.2, -0.15) is 0 Å². The van der Waals surface area contributed by atoms with E-state index in [-0.39, 0.29) is 47.1 Å². The third kappa shape index (κ3) is 4.81. The van der Waals surface area contributed by atoms with Crippen LogP contribution in [0.3, 0.4) is 0 Å². The van der Waals surface area contributed by atoms with Crippen molar-refractivity contribution in [3.63, 3.8) is 0 Å². The number of rotatable bonds is 3. The van der Waals surface area contributed by atoms with Crippen LogP contribution in [-0.4, -0.2) is 62.8 Å². The van der Waals surface area contributed by atoms with Gasteiger partial charge < -0.3 is 20.7 Å². The molecule has 1 aliphatic rings. The monoisotopic (exact) mass is 424 g/mol. The van der Waals surface area contributed by atoms with Crippen LogP contribution in [-0.2, 0) is 4.74 Å². The van der Waals surface area contributed by atoms with Gasteiger partial charge in [0.15, 0.2) is 5.82 Å². The number of hydrogen-bond acceptors (Lipinski definition) is 7. The fourth-order valence-corrected chi connectivity index (χ4v) is 3.22. The quantitative estimate of drug-likeness (QED) is 0.725. The van der Waals surface area contributed by atoms with Gasteiger partial charge in [-0.15, -0.1) is 0 Å². The lowest BCUT2D eigenvalue weighted by atomic mass is 10.0. The van der Waals surface area contributed by atoms with Gasteiger partial charge in [0.2, 0.25) is 0 Å². The average Bonchev–Trinajstić information content (AvgIpc) is 2.61. The van der Waals surface area contributed by atoms with E-state index in [1.165, 1.54) is 17.3 Å². The summed E-state index contributed by atoms with van der Waals surface area (Å²) in [6.45, 7) is 5.61. The molecule has 0 spiro atoms. The summed E-state index contributed by atoms with van der Waals surface area (Å²) in [6, 6.07) is 0.554. The Morgan fingerprint density at radius 1 is 1.34 bits per heavy atom. The van der Waals surface area contributed by atoms with Gasteiger partial charge >= 0.3 is 6.09 Å². The zero-order valence-corrected chi connectivity index (χ0v) is 17.0. The van der Waals surface area contributed by atoms with Crippen LogP contribution in [0, 0.1) is 0 Å². The van der Waals surface area contributed by atoms with Crippen LogP contribution in [0.1, 0.15) is 37.6 Å². The van der Waals surface area contributed by atoms with E-state index >= 15 is 0 Å². The van der Waals surface area contributed by atoms with Crippen molar-refractivity contribution in [1.29, 1.82) is 0 Å². The van der Waals surface area contributed by atoms with Crippen molar-refractivity contribution in [2.45, 2.75) is 45.0 Å². The molecule has 0 saturated carbocycles. The minimum absolute atomic E-state index is 0.0278. The topological polar surface area (TPSA) is 123 Å². The molecule has 3 N–H and O–H groups in total. The van der Waals surface area contributed by atoms with Gasteiger partial charge in [0.1, 0.15) is 34.3 Å². The summed E-state index contributed by atoms with van der Waals surface area (Å²) < 4.78 is 20.0. The van der Waals surface area contributed by atoms with Gasteiger partial charge in [-0.25, -0.2) is 24.1 Å². The second-order valence-electron chi connectivity index (χ2n) is 7.76. The van der Waals surface area contributed by atoms with Gasteiger partial charge in [-0.05, 0) is 33.3 Å². The van der Waals surface area contributed by atoms with Gasteiger partial charge in [0, 0.05) is 13.1 Å². The Bertz CT molecular complexity index is 951. The van der Waals surface area contributed by atoms with E-state index in [0.29, 0.717) is 0 Å². The summed E-state index contributed by atoms with van der Waals surface area (Å²) in [5.41, 5.74) is 5.21. The van der Waals surface area contributed by atoms with Crippen LogP contribution in [0.25, 0.3) is 11.0 Å². The number of piperidine rings is 1. The largest absolute Gasteiger partial charge is 0.444 e. The standard InChI is InChI=1S/C18H22ClFN6O3/c1-18(2,3)29-17(28)26-5-4-10(20)11(7-26)24-16-14-13(22-8-23-16)9(15(21)27)6-12(19)25-14/h6,8,10-11H,4-5,7H2,1-3H3,(H2,21,27)(H,22,23,24)/t10-,11-/m1/s1. The molecule has 2 aromatic heterocycles. The van der Waals surface area contributed by atoms with Gasteiger partial charge in [0.25, 0.3) is 5.91 Å². The zero-order valence-electron chi connectivity index (χ0n) is 16.3. The van der Waals surface area contributed by atoms with E-state index in [1.54, 1.807) is 20.8 Å².